The third-order valence-corrected chi connectivity index (χ3v) is 5.45. The minimum absolute atomic E-state index is 0.607. The zero-order valence-corrected chi connectivity index (χ0v) is 14.3. The second kappa shape index (κ2) is 7.01. The van der Waals surface area contributed by atoms with Crippen LogP contribution in [-0.2, 0) is 6.54 Å². The molecule has 0 aromatic carbocycles. The molecule has 0 saturated carbocycles. The van der Waals surface area contributed by atoms with Crippen LogP contribution in [0.5, 0.6) is 0 Å². The Morgan fingerprint density at radius 2 is 2.20 bits per heavy atom. The Morgan fingerprint density at radius 3 is 2.75 bits per heavy atom. The average molecular weight is 295 g/mol. The van der Waals surface area contributed by atoms with Gasteiger partial charge in [-0.1, -0.05) is 34.1 Å². The van der Waals surface area contributed by atoms with Crippen molar-refractivity contribution in [1.82, 2.24) is 15.2 Å². The van der Waals surface area contributed by atoms with Crippen LogP contribution in [0.15, 0.2) is 5.38 Å². The molecule has 3 atom stereocenters. The molecular formula is C16H29N3S. The number of nitrogens with one attached hydrogen (secondary N) is 1. The number of aromatic nitrogens is 1. The number of nitrogens with zero attached hydrogens (tertiary/aromatic N) is 2. The topological polar surface area (TPSA) is 28.2 Å². The summed E-state index contributed by atoms with van der Waals surface area (Å²) < 4.78 is 0. The van der Waals surface area contributed by atoms with Crippen LogP contribution in [0.1, 0.15) is 44.8 Å². The van der Waals surface area contributed by atoms with E-state index in [1.165, 1.54) is 17.1 Å². The Morgan fingerprint density at radius 1 is 1.45 bits per heavy atom. The van der Waals surface area contributed by atoms with Crippen LogP contribution >= 0.6 is 11.3 Å². The van der Waals surface area contributed by atoms with Crippen LogP contribution in [0.4, 0.5) is 0 Å². The maximum atomic E-state index is 4.65. The van der Waals surface area contributed by atoms with Gasteiger partial charge in [-0.15, -0.1) is 11.3 Å². The van der Waals surface area contributed by atoms with Crippen LogP contribution in [0.25, 0.3) is 0 Å². The molecule has 1 aliphatic rings. The van der Waals surface area contributed by atoms with E-state index in [4.69, 9.17) is 0 Å². The summed E-state index contributed by atoms with van der Waals surface area (Å²) >= 11 is 1.76. The predicted molar refractivity (Wildman–Crippen MR) is 87.1 cm³/mol. The number of hydrogen-bond donors (Lipinski definition) is 1. The molecule has 2 rings (SSSR count). The van der Waals surface area contributed by atoms with Gasteiger partial charge in [-0.2, -0.15) is 0 Å². The van der Waals surface area contributed by atoms with E-state index in [2.05, 4.69) is 55.2 Å². The molecule has 0 spiro atoms. The maximum Gasteiger partial charge on any atom is 0.0897 e. The quantitative estimate of drug-likeness (QED) is 0.903. The lowest BCUT2D eigenvalue weighted by Gasteiger charge is -2.44. The van der Waals surface area contributed by atoms with Crippen LogP contribution < -0.4 is 5.32 Å². The summed E-state index contributed by atoms with van der Waals surface area (Å²) in [7, 11) is 0. The monoisotopic (exact) mass is 295 g/mol. The molecule has 1 aromatic rings. The van der Waals surface area contributed by atoms with Crippen molar-refractivity contribution in [2.75, 3.05) is 13.1 Å². The molecule has 1 saturated heterocycles. The Hall–Kier alpha value is -0.450. The summed E-state index contributed by atoms with van der Waals surface area (Å²) in [5, 5.41) is 7.14. The second-order valence-corrected chi connectivity index (χ2v) is 7.56. The van der Waals surface area contributed by atoms with E-state index in [0.29, 0.717) is 18.0 Å². The number of piperazine rings is 1. The first-order chi connectivity index (χ1) is 9.51. The normalized spacial score (nSPS) is 26.1. The molecule has 20 heavy (non-hydrogen) atoms. The first-order valence-electron chi connectivity index (χ1n) is 7.89. The van der Waals surface area contributed by atoms with Crippen LogP contribution in [-0.4, -0.2) is 35.1 Å². The maximum absolute atomic E-state index is 4.65. The fourth-order valence-electron chi connectivity index (χ4n) is 3.00. The molecule has 0 amide bonds. The van der Waals surface area contributed by atoms with Crippen molar-refractivity contribution in [3.05, 3.63) is 16.1 Å². The fourth-order valence-corrected chi connectivity index (χ4v) is 3.61. The van der Waals surface area contributed by atoms with Crippen molar-refractivity contribution in [2.24, 2.45) is 11.8 Å². The zero-order chi connectivity index (χ0) is 14.7. The van der Waals surface area contributed by atoms with Gasteiger partial charge in [-0.3, -0.25) is 4.90 Å². The Labute approximate surface area is 127 Å². The summed E-state index contributed by atoms with van der Waals surface area (Å²) in [6.45, 7) is 14.6. The van der Waals surface area contributed by atoms with Gasteiger partial charge in [-0.25, -0.2) is 4.98 Å². The molecule has 0 aliphatic carbocycles. The lowest BCUT2D eigenvalue weighted by Crippen LogP contribution is -2.59. The smallest absolute Gasteiger partial charge is 0.0897 e. The fraction of sp³-hybridized carbons (Fsp3) is 0.812. The molecule has 1 aromatic heterocycles. The number of hydrogen-bond acceptors (Lipinski definition) is 4. The van der Waals surface area contributed by atoms with E-state index < -0.39 is 0 Å². The Kier molecular flexibility index (Phi) is 5.58. The molecule has 0 radical (unpaired) electrons. The highest BCUT2D eigenvalue weighted by molar-refractivity contribution is 7.09. The van der Waals surface area contributed by atoms with Gasteiger partial charge in [0.15, 0.2) is 0 Å². The first kappa shape index (κ1) is 15.9. The van der Waals surface area contributed by atoms with Crippen molar-refractivity contribution < 1.29 is 0 Å². The highest BCUT2D eigenvalue weighted by Crippen LogP contribution is 2.23. The molecule has 4 heteroatoms. The molecule has 3 unspecified atom stereocenters. The van der Waals surface area contributed by atoms with E-state index in [-0.39, 0.29) is 0 Å². The van der Waals surface area contributed by atoms with Gasteiger partial charge in [0.2, 0.25) is 0 Å². The minimum Gasteiger partial charge on any atom is -0.311 e. The highest BCUT2D eigenvalue weighted by Gasteiger charge is 2.32. The number of aryl methyl sites for hydroxylation is 1. The predicted octanol–water partition coefficient (Wildman–Crippen LogP) is 3.30. The highest BCUT2D eigenvalue weighted by atomic mass is 32.1. The standard InChI is InChI=1S/C16H29N3S/c1-6-12(4)16-7-17-15(11(2)3)9-19(16)8-14-10-20-13(5)18-14/h10-12,15-17H,6-9H2,1-5H3. The number of rotatable bonds is 5. The summed E-state index contributed by atoms with van der Waals surface area (Å²) in [6, 6.07) is 1.24. The summed E-state index contributed by atoms with van der Waals surface area (Å²) in [5.41, 5.74) is 1.24. The largest absolute Gasteiger partial charge is 0.311 e. The summed E-state index contributed by atoms with van der Waals surface area (Å²) in [5.74, 6) is 1.42. The van der Waals surface area contributed by atoms with E-state index in [1.807, 2.05) is 0 Å². The molecule has 1 fully saturated rings. The van der Waals surface area contributed by atoms with Crippen molar-refractivity contribution in [3.8, 4) is 0 Å². The van der Waals surface area contributed by atoms with Crippen LogP contribution in [0, 0.1) is 18.8 Å². The zero-order valence-electron chi connectivity index (χ0n) is 13.5. The third-order valence-electron chi connectivity index (χ3n) is 4.63. The minimum atomic E-state index is 0.607. The Balaban J connectivity index is 2.08. The van der Waals surface area contributed by atoms with E-state index in [0.717, 1.165) is 25.6 Å². The van der Waals surface area contributed by atoms with Gasteiger partial charge >= 0.3 is 0 Å². The molecular weight excluding hydrogens is 266 g/mol. The third kappa shape index (κ3) is 3.80. The molecule has 2 heterocycles. The summed E-state index contributed by atoms with van der Waals surface area (Å²) in [6.07, 6.45) is 1.24. The van der Waals surface area contributed by atoms with E-state index in [9.17, 15) is 0 Å². The van der Waals surface area contributed by atoms with Crippen LogP contribution in [0.3, 0.4) is 0 Å². The SMILES string of the molecule is CCC(C)C1CNC(C(C)C)CN1Cc1csc(C)n1. The van der Waals surface area contributed by atoms with Crippen molar-refractivity contribution in [3.63, 3.8) is 0 Å². The molecule has 1 aliphatic heterocycles. The van der Waals surface area contributed by atoms with E-state index >= 15 is 0 Å². The van der Waals surface area contributed by atoms with Crippen LogP contribution in [0.2, 0.25) is 0 Å². The second-order valence-electron chi connectivity index (χ2n) is 6.50. The number of thiazole rings is 1. The van der Waals surface area contributed by atoms with Gasteiger partial charge in [0.05, 0.1) is 10.7 Å². The van der Waals surface area contributed by atoms with Gasteiger partial charge in [-0.05, 0) is 18.8 Å². The van der Waals surface area contributed by atoms with E-state index in [1.54, 1.807) is 11.3 Å². The van der Waals surface area contributed by atoms with Gasteiger partial charge < -0.3 is 5.32 Å². The lowest BCUT2D eigenvalue weighted by atomic mass is 9.91. The molecule has 114 valence electrons. The summed E-state index contributed by atoms with van der Waals surface area (Å²) in [4.78, 5) is 7.31. The van der Waals surface area contributed by atoms with Crippen molar-refractivity contribution >= 4 is 11.3 Å². The van der Waals surface area contributed by atoms with Crippen molar-refractivity contribution in [1.29, 1.82) is 0 Å². The first-order valence-corrected chi connectivity index (χ1v) is 8.77. The molecule has 0 bridgehead atoms. The molecule has 1 N–H and O–H groups in total. The average Bonchev–Trinajstić information content (AvgIpc) is 2.83. The van der Waals surface area contributed by atoms with Gasteiger partial charge in [0, 0.05) is 37.1 Å². The molecule has 3 nitrogen and oxygen atoms in total. The van der Waals surface area contributed by atoms with Gasteiger partial charge in [0.1, 0.15) is 0 Å². The van der Waals surface area contributed by atoms with Crippen molar-refractivity contribution in [2.45, 2.75) is 59.7 Å². The lowest BCUT2D eigenvalue weighted by molar-refractivity contribution is 0.0713. The Bertz CT molecular complexity index is 416. The van der Waals surface area contributed by atoms with Gasteiger partial charge in [0.25, 0.3) is 0 Å².